The molecule has 1 heterocycles. The fraction of sp³-hybridized carbons (Fsp3) is 0.286. The van der Waals surface area contributed by atoms with Crippen LogP contribution < -0.4 is 5.32 Å². The minimum atomic E-state index is -1.18. The second-order valence-corrected chi connectivity index (χ2v) is 4.85. The monoisotopic (exact) mass is 229 g/mol. The van der Waals surface area contributed by atoms with Crippen molar-refractivity contribution in [2.45, 2.75) is 19.3 Å². The summed E-state index contributed by atoms with van der Waals surface area (Å²) in [7, 11) is 0. The number of carbonyl (C=O) groups excluding carboxylic acids is 2. The molecule has 1 N–H and O–H groups in total. The summed E-state index contributed by atoms with van der Waals surface area (Å²) in [6.07, 6.45) is 2.39. The van der Waals surface area contributed by atoms with E-state index in [1.165, 1.54) is 0 Å². The number of carbonyl (C=O) groups is 2. The van der Waals surface area contributed by atoms with Crippen LogP contribution in [-0.4, -0.2) is 12.2 Å². The Balaban J connectivity index is 2.75. The second kappa shape index (κ2) is 3.55. The Bertz CT molecular complexity index is 505. The average Bonchev–Trinajstić information content (AvgIpc) is 2.62. The van der Waals surface area contributed by atoms with Crippen molar-refractivity contribution in [3.05, 3.63) is 42.5 Å². The lowest BCUT2D eigenvalue weighted by Gasteiger charge is -2.35. The first-order valence-corrected chi connectivity index (χ1v) is 5.50. The van der Waals surface area contributed by atoms with E-state index in [9.17, 15) is 9.59 Å². The van der Waals surface area contributed by atoms with Crippen molar-refractivity contribution in [3.63, 3.8) is 0 Å². The Morgan fingerprint density at radius 2 is 2.00 bits per heavy atom. The van der Waals surface area contributed by atoms with Gasteiger partial charge in [0.05, 0.1) is 0 Å². The fourth-order valence-electron chi connectivity index (χ4n) is 2.35. The highest BCUT2D eigenvalue weighted by Gasteiger charge is 2.55. The van der Waals surface area contributed by atoms with Crippen LogP contribution in [0.3, 0.4) is 0 Å². The van der Waals surface area contributed by atoms with Gasteiger partial charge in [-0.15, -0.1) is 6.58 Å². The fourth-order valence-corrected chi connectivity index (χ4v) is 2.35. The molecule has 0 radical (unpaired) electrons. The molecule has 88 valence electrons. The predicted molar refractivity (Wildman–Crippen MR) is 66.8 cm³/mol. The lowest BCUT2D eigenvalue weighted by atomic mass is 9.63. The third kappa shape index (κ3) is 1.28. The van der Waals surface area contributed by atoms with Crippen molar-refractivity contribution in [1.29, 1.82) is 0 Å². The maximum Gasteiger partial charge on any atom is 0.243 e. The van der Waals surface area contributed by atoms with Gasteiger partial charge in [0.1, 0.15) is 11.7 Å². The topological polar surface area (TPSA) is 46.2 Å². The van der Waals surface area contributed by atoms with E-state index < -0.39 is 10.8 Å². The van der Waals surface area contributed by atoms with E-state index in [1.807, 2.05) is 32.0 Å². The number of hydrogen-bond donors (Lipinski definition) is 1. The molecule has 0 bridgehead atoms. The summed E-state index contributed by atoms with van der Waals surface area (Å²) in [5.74, 6) is -0.279. The number of aldehydes is 1. The number of hydrogen-bond acceptors (Lipinski definition) is 2. The molecular weight excluding hydrogens is 214 g/mol. The Hall–Kier alpha value is -1.90. The molecule has 0 aromatic heterocycles. The van der Waals surface area contributed by atoms with Gasteiger partial charge < -0.3 is 10.1 Å². The van der Waals surface area contributed by atoms with Gasteiger partial charge in [0.25, 0.3) is 0 Å². The summed E-state index contributed by atoms with van der Waals surface area (Å²) in [5.41, 5.74) is -0.374. The average molecular weight is 229 g/mol. The van der Waals surface area contributed by atoms with Crippen molar-refractivity contribution in [2.24, 2.45) is 5.41 Å². The first-order valence-electron chi connectivity index (χ1n) is 5.50. The minimum Gasteiger partial charge on any atom is -0.325 e. The molecule has 0 saturated carbocycles. The highest BCUT2D eigenvalue weighted by molar-refractivity contribution is 6.16. The maximum atomic E-state index is 12.2. The first kappa shape index (κ1) is 11.6. The Morgan fingerprint density at radius 1 is 1.35 bits per heavy atom. The molecule has 1 amide bonds. The highest BCUT2D eigenvalue weighted by Crippen LogP contribution is 2.48. The van der Waals surface area contributed by atoms with Gasteiger partial charge in [-0.3, -0.25) is 4.79 Å². The first-order chi connectivity index (χ1) is 7.99. The number of fused-ring (bicyclic) bond motifs is 1. The van der Waals surface area contributed by atoms with E-state index in [-0.39, 0.29) is 5.91 Å². The van der Waals surface area contributed by atoms with Crippen LogP contribution in [0.25, 0.3) is 0 Å². The predicted octanol–water partition coefficient (Wildman–Crippen LogP) is 2.29. The summed E-state index contributed by atoms with van der Waals surface area (Å²) >= 11 is 0. The smallest absolute Gasteiger partial charge is 0.243 e. The van der Waals surface area contributed by atoms with Crippen molar-refractivity contribution in [1.82, 2.24) is 0 Å². The van der Waals surface area contributed by atoms with E-state index in [4.69, 9.17) is 0 Å². The zero-order valence-corrected chi connectivity index (χ0v) is 9.99. The number of allylic oxidation sites excluding steroid dienone is 1. The third-order valence-electron chi connectivity index (χ3n) is 3.66. The summed E-state index contributed by atoms with van der Waals surface area (Å²) in [4.78, 5) is 23.8. The molecule has 0 spiro atoms. The van der Waals surface area contributed by atoms with Gasteiger partial charge in [-0.2, -0.15) is 0 Å². The molecule has 17 heavy (non-hydrogen) atoms. The molecule has 0 saturated heterocycles. The van der Waals surface area contributed by atoms with Crippen molar-refractivity contribution < 1.29 is 9.59 Å². The molecule has 3 nitrogen and oxygen atoms in total. The van der Waals surface area contributed by atoms with Crippen LogP contribution in [0.4, 0.5) is 5.69 Å². The molecule has 3 heteroatoms. The lowest BCUT2D eigenvalue weighted by Crippen LogP contribution is -2.48. The molecule has 1 aliphatic heterocycles. The van der Waals surface area contributed by atoms with E-state index >= 15 is 0 Å². The molecule has 1 unspecified atom stereocenters. The molecular formula is C14H15NO2. The van der Waals surface area contributed by atoms with E-state index in [2.05, 4.69) is 11.9 Å². The van der Waals surface area contributed by atoms with Crippen LogP contribution in [0.5, 0.6) is 0 Å². The highest BCUT2D eigenvalue weighted by atomic mass is 16.2. The molecule has 0 fully saturated rings. The normalized spacial score (nSPS) is 22.8. The van der Waals surface area contributed by atoms with Gasteiger partial charge in [-0.1, -0.05) is 38.1 Å². The van der Waals surface area contributed by atoms with Crippen LogP contribution >= 0.6 is 0 Å². The van der Waals surface area contributed by atoms with Crippen LogP contribution in [0.15, 0.2) is 36.9 Å². The molecule has 1 aliphatic rings. The zero-order chi connectivity index (χ0) is 12.7. The minimum absolute atomic E-state index is 0.279. The largest absolute Gasteiger partial charge is 0.325 e. The molecule has 1 aromatic rings. The number of benzene rings is 1. The zero-order valence-electron chi connectivity index (χ0n) is 9.99. The van der Waals surface area contributed by atoms with Gasteiger partial charge in [-0.05, 0) is 11.6 Å². The lowest BCUT2D eigenvalue weighted by molar-refractivity contribution is -0.130. The molecule has 1 atom stereocenters. The SMILES string of the molecule is C=CC(C)(C)C1(C=O)C(=O)Nc2ccccc21. The molecule has 0 aliphatic carbocycles. The number of rotatable bonds is 3. The van der Waals surface area contributed by atoms with Crippen LogP contribution in [0, 0.1) is 5.41 Å². The quantitative estimate of drug-likeness (QED) is 0.491. The number of anilines is 1. The van der Waals surface area contributed by atoms with Crippen molar-refractivity contribution in [2.75, 3.05) is 5.32 Å². The Labute approximate surface area is 101 Å². The van der Waals surface area contributed by atoms with Crippen molar-refractivity contribution >= 4 is 17.9 Å². The van der Waals surface area contributed by atoms with Gasteiger partial charge >= 0.3 is 0 Å². The van der Waals surface area contributed by atoms with Gasteiger partial charge in [0.2, 0.25) is 5.91 Å². The van der Waals surface area contributed by atoms with Gasteiger partial charge in [-0.25, -0.2) is 0 Å². The maximum absolute atomic E-state index is 12.2. The number of para-hydroxylation sites is 1. The van der Waals surface area contributed by atoms with E-state index in [0.717, 1.165) is 11.8 Å². The van der Waals surface area contributed by atoms with Crippen LogP contribution in [-0.2, 0) is 15.0 Å². The van der Waals surface area contributed by atoms with Crippen molar-refractivity contribution in [3.8, 4) is 0 Å². The summed E-state index contributed by atoms with van der Waals surface area (Å²) < 4.78 is 0. The second-order valence-electron chi connectivity index (χ2n) is 4.85. The summed E-state index contributed by atoms with van der Waals surface area (Å²) in [6, 6.07) is 7.28. The molecule has 2 rings (SSSR count). The van der Waals surface area contributed by atoms with E-state index in [1.54, 1.807) is 12.1 Å². The van der Waals surface area contributed by atoms with Crippen LogP contribution in [0.2, 0.25) is 0 Å². The van der Waals surface area contributed by atoms with Gasteiger partial charge in [0.15, 0.2) is 0 Å². The summed E-state index contributed by atoms with van der Waals surface area (Å²) in [6.45, 7) is 7.43. The summed E-state index contributed by atoms with van der Waals surface area (Å²) in [5, 5.41) is 2.76. The van der Waals surface area contributed by atoms with E-state index in [0.29, 0.717) is 5.69 Å². The standard InChI is InChI=1S/C14H15NO2/c1-4-13(2,3)14(9-16)10-7-5-6-8-11(10)15-12(14)17/h4-9H,1H2,2-3H3,(H,15,17). The Morgan fingerprint density at radius 3 is 2.59 bits per heavy atom. The number of nitrogens with one attached hydrogen (secondary N) is 1. The van der Waals surface area contributed by atoms with Gasteiger partial charge in [0, 0.05) is 11.1 Å². The third-order valence-corrected chi connectivity index (χ3v) is 3.66. The number of amides is 1. The Kier molecular flexibility index (Phi) is 2.42. The van der Waals surface area contributed by atoms with Crippen LogP contribution in [0.1, 0.15) is 19.4 Å². The molecule has 1 aromatic carbocycles.